The van der Waals surface area contributed by atoms with E-state index < -0.39 is 12.0 Å². The van der Waals surface area contributed by atoms with Gasteiger partial charge in [-0.05, 0) is 48.4 Å². The largest absolute Gasteiger partial charge is 0.274 e. The molecule has 0 aliphatic carbocycles. The number of amides is 2. The Morgan fingerprint density at radius 2 is 1.48 bits per heavy atom. The van der Waals surface area contributed by atoms with Crippen molar-refractivity contribution in [1.29, 1.82) is 0 Å². The predicted octanol–water partition coefficient (Wildman–Crippen LogP) is 3.64. The van der Waals surface area contributed by atoms with Gasteiger partial charge >= 0.3 is 0 Å². The second-order valence-corrected chi connectivity index (χ2v) is 8.49. The maximum Gasteiger partial charge on any atom is 0.253 e. The smallest absolute Gasteiger partial charge is 0.253 e. The van der Waals surface area contributed by atoms with Crippen LogP contribution in [-0.2, 0) is 9.59 Å². The number of carbonyl (C=O) groups excluding carboxylic acids is 2. The number of halogens is 2. The molecule has 2 aromatic rings. The van der Waals surface area contributed by atoms with E-state index >= 15 is 0 Å². The summed E-state index contributed by atoms with van der Waals surface area (Å²) in [7, 11) is 0. The summed E-state index contributed by atoms with van der Waals surface area (Å²) in [6, 6.07) is 14.4. The van der Waals surface area contributed by atoms with Crippen LogP contribution in [0.25, 0.3) is 0 Å². The average Bonchev–Trinajstić information content (AvgIpc) is 3.30. The zero-order valence-electron chi connectivity index (χ0n) is 14.4. The minimum atomic E-state index is -0.427. The zero-order chi connectivity index (χ0) is 18.7. The number of imide groups is 1. The molecule has 0 unspecified atom stereocenters. The molecule has 0 bridgehead atoms. The lowest BCUT2D eigenvalue weighted by atomic mass is 9.90. The van der Waals surface area contributed by atoms with E-state index in [2.05, 4.69) is 25.9 Å². The van der Waals surface area contributed by atoms with Gasteiger partial charge in [0.15, 0.2) is 0 Å². The summed E-state index contributed by atoms with van der Waals surface area (Å²) in [6.45, 7) is 1.68. The third-order valence-electron chi connectivity index (χ3n) is 5.70. The molecule has 3 aliphatic heterocycles. The Balaban J connectivity index is 1.57. The van der Waals surface area contributed by atoms with E-state index in [4.69, 9.17) is 11.6 Å². The Kier molecular flexibility index (Phi) is 4.13. The first kappa shape index (κ1) is 17.4. The maximum absolute atomic E-state index is 13.4. The summed E-state index contributed by atoms with van der Waals surface area (Å²) in [6.07, 6.45) is 0.999. The summed E-state index contributed by atoms with van der Waals surface area (Å²) < 4.78 is 0.996. The van der Waals surface area contributed by atoms with Crippen LogP contribution in [0.2, 0.25) is 5.02 Å². The van der Waals surface area contributed by atoms with E-state index in [0.717, 1.165) is 29.5 Å². The van der Waals surface area contributed by atoms with Crippen molar-refractivity contribution in [3.05, 3.63) is 63.6 Å². The number of hydrazine groups is 1. The topological polar surface area (TPSA) is 43.9 Å². The Morgan fingerprint density at radius 1 is 0.852 bits per heavy atom. The van der Waals surface area contributed by atoms with Crippen molar-refractivity contribution in [2.24, 2.45) is 5.92 Å². The number of hydrogen-bond acceptors (Lipinski definition) is 4. The monoisotopic (exact) mass is 445 g/mol. The molecule has 7 heteroatoms. The molecule has 0 spiro atoms. The van der Waals surface area contributed by atoms with Crippen LogP contribution in [-0.4, -0.2) is 41.0 Å². The first-order chi connectivity index (χ1) is 13.1. The van der Waals surface area contributed by atoms with Gasteiger partial charge in [-0.15, -0.1) is 0 Å². The lowest BCUT2D eigenvalue weighted by molar-refractivity contribution is -0.126. The lowest BCUT2D eigenvalue weighted by Crippen LogP contribution is -2.44. The minimum Gasteiger partial charge on any atom is -0.274 e. The van der Waals surface area contributed by atoms with Gasteiger partial charge in [-0.3, -0.25) is 9.59 Å². The summed E-state index contributed by atoms with van der Waals surface area (Å²) in [4.78, 5) is 28.0. The summed E-state index contributed by atoms with van der Waals surface area (Å²) in [5.74, 6) is -0.664. The molecule has 2 amide bonds. The number of hydrogen-bond donors (Lipinski definition) is 0. The van der Waals surface area contributed by atoms with Crippen molar-refractivity contribution in [3.63, 3.8) is 0 Å². The van der Waals surface area contributed by atoms with Crippen molar-refractivity contribution in [2.75, 3.05) is 18.0 Å². The molecule has 3 atom stereocenters. The molecule has 0 radical (unpaired) electrons. The summed E-state index contributed by atoms with van der Waals surface area (Å²) in [5.41, 5.74) is 1.65. The first-order valence-corrected chi connectivity index (χ1v) is 10.2. The molecule has 27 heavy (non-hydrogen) atoms. The average molecular weight is 447 g/mol. The van der Waals surface area contributed by atoms with Gasteiger partial charge in [-0.2, -0.15) is 0 Å². The van der Waals surface area contributed by atoms with Gasteiger partial charge in [0.05, 0.1) is 17.6 Å². The van der Waals surface area contributed by atoms with Crippen LogP contribution in [0.15, 0.2) is 53.0 Å². The Bertz CT molecular complexity index is 918. The molecule has 5 rings (SSSR count). The number of rotatable bonds is 2. The number of benzene rings is 2. The van der Waals surface area contributed by atoms with E-state index in [-0.39, 0.29) is 17.9 Å². The van der Waals surface area contributed by atoms with Gasteiger partial charge in [-0.1, -0.05) is 39.7 Å². The fourth-order valence-corrected chi connectivity index (χ4v) is 5.01. The van der Waals surface area contributed by atoms with Gasteiger partial charge < -0.3 is 0 Å². The molecule has 3 heterocycles. The third kappa shape index (κ3) is 2.58. The molecular weight excluding hydrogens is 430 g/mol. The van der Waals surface area contributed by atoms with E-state index in [9.17, 15) is 9.59 Å². The first-order valence-electron chi connectivity index (χ1n) is 8.98. The van der Waals surface area contributed by atoms with E-state index in [1.165, 1.54) is 4.90 Å². The maximum atomic E-state index is 13.4. The summed E-state index contributed by atoms with van der Waals surface area (Å²) in [5, 5.41) is 4.90. The molecule has 3 aliphatic rings. The molecule has 3 fully saturated rings. The molecule has 2 aromatic carbocycles. The number of anilines is 1. The second kappa shape index (κ2) is 6.41. The molecule has 0 aromatic heterocycles. The van der Waals surface area contributed by atoms with Gasteiger partial charge in [0, 0.05) is 22.6 Å². The fourth-order valence-electron chi connectivity index (χ4n) is 4.62. The van der Waals surface area contributed by atoms with Crippen LogP contribution in [0.3, 0.4) is 0 Å². The van der Waals surface area contributed by atoms with Crippen LogP contribution in [0.1, 0.15) is 18.0 Å². The molecule has 0 saturated carbocycles. The highest BCUT2D eigenvalue weighted by atomic mass is 79.9. The van der Waals surface area contributed by atoms with Crippen LogP contribution < -0.4 is 4.90 Å². The highest BCUT2D eigenvalue weighted by Gasteiger charge is 2.62. The van der Waals surface area contributed by atoms with Crippen LogP contribution >= 0.6 is 27.5 Å². The van der Waals surface area contributed by atoms with Crippen LogP contribution in [0, 0.1) is 5.92 Å². The molecule has 5 nitrogen and oxygen atoms in total. The van der Waals surface area contributed by atoms with E-state index in [1.54, 1.807) is 24.3 Å². The van der Waals surface area contributed by atoms with Crippen molar-refractivity contribution in [2.45, 2.75) is 18.5 Å². The van der Waals surface area contributed by atoms with E-state index in [0.29, 0.717) is 10.7 Å². The molecule has 138 valence electrons. The number of nitrogens with zero attached hydrogens (tertiary/aromatic N) is 3. The molecular formula is C20H17BrClN3O2. The minimum absolute atomic E-state index is 0.112. The van der Waals surface area contributed by atoms with Crippen molar-refractivity contribution in [3.8, 4) is 0 Å². The lowest BCUT2D eigenvalue weighted by Gasteiger charge is -2.29. The Labute approximate surface area is 170 Å². The third-order valence-corrected chi connectivity index (χ3v) is 6.48. The fraction of sp³-hybridized carbons (Fsp3) is 0.300. The quantitative estimate of drug-likeness (QED) is 0.661. The number of carbonyl (C=O) groups is 2. The van der Waals surface area contributed by atoms with Crippen LogP contribution in [0.5, 0.6) is 0 Å². The second-order valence-electron chi connectivity index (χ2n) is 7.14. The highest BCUT2D eigenvalue weighted by molar-refractivity contribution is 9.10. The highest BCUT2D eigenvalue weighted by Crippen LogP contribution is 2.49. The van der Waals surface area contributed by atoms with Crippen LogP contribution in [0.4, 0.5) is 5.69 Å². The zero-order valence-corrected chi connectivity index (χ0v) is 16.7. The standard InChI is InChI=1S/C20H17BrClN3O2/c21-13-4-2-12(3-5-13)17-16-18(24-11-1-10-23(17)24)20(27)25(19(16)26)15-8-6-14(22)7-9-15/h2-9,16-18H,1,10-11H2/t16-,17-,18-/m0/s1. The van der Waals surface area contributed by atoms with Gasteiger partial charge in [0.1, 0.15) is 6.04 Å². The van der Waals surface area contributed by atoms with Crippen molar-refractivity contribution in [1.82, 2.24) is 10.0 Å². The molecule has 0 N–H and O–H groups in total. The van der Waals surface area contributed by atoms with Crippen molar-refractivity contribution >= 4 is 45.0 Å². The van der Waals surface area contributed by atoms with Crippen molar-refractivity contribution < 1.29 is 9.59 Å². The molecule has 3 saturated heterocycles. The van der Waals surface area contributed by atoms with Gasteiger partial charge in [0.25, 0.3) is 5.91 Å². The Morgan fingerprint density at radius 3 is 2.15 bits per heavy atom. The Hall–Kier alpha value is -1.73. The van der Waals surface area contributed by atoms with Gasteiger partial charge in [0.2, 0.25) is 5.91 Å². The normalized spacial score (nSPS) is 28.1. The van der Waals surface area contributed by atoms with E-state index in [1.807, 2.05) is 24.3 Å². The van der Waals surface area contributed by atoms with Gasteiger partial charge in [-0.25, -0.2) is 14.9 Å². The predicted molar refractivity (Wildman–Crippen MR) is 106 cm³/mol. The number of fused-ring (bicyclic) bond motifs is 3. The summed E-state index contributed by atoms with van der Waals surface area (Å²) >= 11 is 9.44. The SMILES string of the molecule is O=C1[C@@H]2[C@@H](C(=O)N1c1ccc(Cl)cc1)N1CCCN1[C@H]2c1ccc(Br)cc1.